The Labute approximate surface area is 164 Å². The van der Waals surface area contributed by atoms with Gasteiger partial charge in [0.15, 0.2) is 0 Å². The van der Waals surface area contributed by atoms with Gasteiger partial charge in [0.1, 0.15) is 0 Å². The number of hydrogen-bond donors (Lipinski definition) is 0. The van der Waals surface area contributed by atoms with Crippen LogP contribution in [-0.4, -0.2) is 55.4 Å². The first-order valence-electron chi connectivity index (χ1n) is 8.71. The van der Waals surface area contributed by atoms with Crippen LogP contribution in [0.25, 0.3) is 0 Å². The summed E-state index contributed by atoms with van der Waals surface area (Å²) in [5.74, 6) is 0.470. The molecule has 1 aliphatic heterocycles. The van der Waals surface area contributed by atoms with E-state index in [1.165, 1.54) is 7.11 Å². The summed E-state index contributed by atoms with van der Waals surface area (Å²) in [6, 6.07) is 8.23. The molecule has 0 amide bonds. The number of halogens is 1. The molecule has 0 bridgehead atoms. The van der Waals surface area contributed by atoms with Crippen LogP contribution in [0.2, 0.25) is 5.02 Å². The zero-order chi connectivity index (χ0) is 19.4. The minimum atomic E-state index is -0.597. The minimum absolute atomic E-state index is 0.146. The van der Waals surface area contributed by atoms with E-state index in [0.717, 1.165) is 17.7 Å². The van der Waals surface area contributed by atoms with Gasteiger partial charge in [0.2, 0.25) is 5.88 Å². The second-order valence-electron chi connectivity index (χ2n) is 6.41. The van der Waals surface area contributed by atoms with Crippen molar-refractivity contribution in [3.63, 3.8) is 0 Å². The summed E-state index contributed by atoms with van der Waals surface area (Å²) >= 11 is 6.14. The van der Waals surface area contributed by atoms with E-state index in [4.69, 9.17) is 25.8 Å². The lowest BCUT2D eigenvalue weighted by Gasteiger charge is -2.42. The van der Waals surface area contributed by atoms with Crippen LogP contribution in [0, 0.1) is 0 Å². The molecule has 6 nitrogen and oxygen atoms in total. The van der Waals surface area contributed by atoms with Gasteiger partial charge in [-0.1, -0.05) is 35.9 Å². The van der Waals surface area contributed by atoms with E-state index in [-0.39, 0.29) is 12.1 Å². The van der Waals surface area contributed by atoms with Crippen molar-refractivity contribution in [1.82, 2.24) is 14.9 Å². The molecule has 0 saturated carbocycles. The molecule has 1 aromatic heterocycles. The van der Waals surface area contributed by atoms with Gasteiger partial charge in [-0.25, -0.2) is 4.98 Å². The molecule has 2 heterocycles. The third kappa shape index (κ3) is 3.52. The van der Waals surface area contributed by atoms with E-state index in [9.17, 15) is 0 Å². The van der Waals surface area contributed by atoms with Crippen molar-refractivity contribution >= 4 is 11.6 Å². The highest BCUT2D eigenvalue weighted by atomic mass is 35.5. The first kappa shape index (κ1) is 19.6. The van der Waals surface area contributed by atoms with Crippen molar-refractivity contribution in [3.05, 3.63) is 58.8 Å². The van der Waals surface area contributed by atoms with Crippen LogP contribution >= 0.6 is 11.6 Å². The Morgan fingerprint density at radius 1 is 1.19 bits per heavy atom. The Bertz CT molecular complexity index is 813. The van der Waals surface area contributed by atoms with Gasteiger partial charge >= 0.3 is 6.01 Å². The molecular weight excluding hydrogens is 366 g/mol. The van der Waals surface area contributed by atoms with Gasteiger partial charge in [-0.3, -0.25) is 4.90 Å². The summed E-state index contributed by atoms with van der Waals surface area (Å²) in [5.41, 5.74) is 1.29. The maximum atomic E-state index is 6.14. The molecule has 3 rings (SSSR count). The van der Waals surface area contributed by atoms with Gasteiger partial charge in [0.25, 0.3) is 0 Å². The third-order valence-electron chi connectivity index (χ3n) is 4.86. The number of benzene rings is 1. The maximum Gasteiger partial charge on any atom is 0.319 e. The molecule has 27 heavy (non-hydrogen) atoms. The van der Waals surface area contributed by atoms with E-state index >= 15 is 0 Å². The lowest BCUT2D eigenvalue weighted by molar-refractivity contribution is 0.0687. The molecular formula is C20H24ClN3O3. The maximum absolute atomic E-state index is 6.14. The largest absolute Gasteiger partial charge is 0.481 e. The molecule has 0 saturated heterocycles. The van der Waals surface area contributed by atoms with Crippen molar-refractivity contribution in [3.8, 4) is 11.9 Å². The summed E-state index contributed by atoms with van der Waals surface area (Å²) in [4.78, 5) is 11.1. The quantitative estimate of drug-likeness (QED) is 0.677. The van der Waals surface area contributed by atoms with Crippen LogP contribution in [0.15, 0.2) is 42.6 Å². The molecule has 1 unspecified atom stereocenters. The summed E-state index contributed by atoms with van der Waals surface area (Å²) in [7, 11) is 4.84. The highest BCUT2D eigenvalue weighted by Crippen LogP contribution is 2.45. The zero-order valence-electron chi connectivity index (χ0n) is 16.0. The molecule has 2 atom stereocenters. The lowest BCUT2D eigenvalue weighted by atomic mass is 9.82. The van der Waals surface area contributed by atoms with Crippen molar-refractivity contribution in [1.29, 1.82) is 0 Å². The van der Waals surface area contributed by atoms with Crippen LogP contribution in [0.4, 0.5) is 0 Å². The summed E-state index contributed by atoms with van der Waals surface area (Å²) in [6.45, 7) is 3.50. The highest BCUT2D eigenvalue weighted by molar-refractivity contribution is 6.30. The van der Waals surface area contributed by atoms with Gasteiger partial charge in [0.05, 0.1) is 31.9 Å². The predicted octanol–water partition coefficient (Wildman–Crippen LogP) is 3.30. The van der Waals surface area contributed by atoms with Crippen LogP contribution in [0.5, 0.6) is 11.9 Å². The Kier molecular flexibility index (Phi) is 5.99. The number of nitrogens with zero attached hydrogens (tertiary/aromatic N) is 3. The highest BCUT2D eigenvalue weighted by Gasteiger charge is 2.45. The summed E-state index contributed by atoms with van der Waals surface area (Å²) in [5, 5.41) is 0.685. The van der Waals surface area contributed by atoms with Gasteiger partial charge in [-0.15, -0.1) is 0 Å². The summed E-state index contributed by atoms with van der Waals surface area (Å²) in [6.07, 6.45) is 6.07. The fraction of sp³-hybridized carbons (Fsp3) is 0.400. The second kappa shape index (κ2) is 8.25. The Morgan fingerprint density at radius 2 is 1.93 bits per heavy atom. The Morgan fingerprint density at radius 3 is 2.56 bits per heavy atom. The van der Waals surface area contributed by atoms with Gasteiger partial charge < -0.3 is 14.2 Å². The zero-order valence-corrected chi connectivity index (χ0v) is 16.7. The Balaban J connectivity index is 2.22. The van der Waals surface area contributed by atoms with E-state index in [0.29, 0.717) is 17.5 Å². The standard InChI is InChI=1S/C20H24ClN3O3/c1-14(13-25-2)24-11-5-10-20(24,15-6-8-16(21)9-7-15)17-12-22-19(27-4)23-18(17)26-3/h5-10,12,14H,11,13H2,1-4H3/t14-,20?/m1/s1. The van der Waals surface area contributed by atoms with Crippen molar-refractivity contribution in [2.45, 2.75) is 18.5 Å². The van der Waals surface area contributed by atoms with Crippen molar-refractivity contribution in [2.75, 3.05) is 34.5 Å². The second-order valence-corrected chi connectivity index (χ2v) is 6.85. The third-order valence-corrected chi connectivity index (χ3v) is 5.11. The fourth-order valence-electron chi connectivity index (χ4n) is 3.67. The topological polar surface area (TPSA) is 56.7 Å². The average Bonchev–Trinajstić information content (AvgIpc) is 3.14. The first-order chi connectivity index (χ1) is 13.1. The number of ether oxygens (including phenoxy) is 3. The smallest absolute Gasteiger partial charge is 0.319 e. The van der Waals surface area contributed by atoms with Crippen LogP contribution in [0.3, 0.4) is 0 Å². The number of aromatic nitrogens is 2. The summed E-state index contributed by atoms with van der Waals surface area (Å²) < 4.78 is 16.2. The molecule has 0 radical (unpaired) electrons. The number of hydrogen-bond acceptors (Lipinski definition) is 6. The SMILES string of the molecule is COC[C@@H](C)N1CC=CC1(c1ccc(Cl)cc1)c1cnc(OC)nc1OC. The van der Waals surface area contributed by atoms with E-state index < -0.39 is 5.54 Å². The van der Waals surface area contributed by atoms with Gasteiger partial charge in [-0.2, -0.15) is 4.98 Å². The number of methoxy groups -OCH3 is 3. The van der Waals surface area contributed by atoms with Crippen LogP contribution in [0.1, 0.15) is 18.1 Å². The molecule has 0 aliphatic carbocycles. The van der Waals surface area contributed by atoms with Crippen LogP contribution < -0.4 is 9.47 Å². The first-order valence-corrected chi connectivity index (χ1v) is 9.09. The number of rotatable bonds is 7. The molecule has 0 N–H and O–H groups in total. The normalized spacial score (nSPS) is 20.6. The minimum Gasteiger partial charge on any atom is -0.481 e. The van der Waals surface area contributed by atoms with Gasteiger partial charge in [-0.05, 0) is 24.6 Å². The van der Waals surface area contributed by atoms with E-state index in [1.807, 2.05) is 24.3 Å². The van der Waals surface area contributed by atoms with E-state index in [1.54, 1.807) is 20.4 Å². The van der Waals surface area contributed by atoms with Crippen molar-refractivity contribution in [2.24, 2.45) is 0 Å². The monoisotopic (exact) mass is 389 g/mol. The Hall–Kier alpha value is -2.15. The fourth-order valence-corrected chi connectivity index (χ4v) is 3.79. The molecule has 1 aromatic carbocycles. The molecule has 0 fully saturated rings. The van der Waals surface area contributed by atoms with Gasteiger partial charge in [0, 0.05) is 30.9 Å². The van der Waals surface area contributed by atoms with Crippen molar-refractivity contribution < 1.29 is 14.2 Å². The molecule has 144 valence electrons. The van der Waals surface area contributed by atoms with E-state index in [2.05, 4.69) is 33.9 Å². The lowest BCUT2D eigenvalue weighted by Crippen LogP contribution is -2.49. The molecule has 2 aromatic rings. The molecule has 0 spiro atoms. The van der Waals surface area contributed by atoms with Crippen LogP contribution in [-0.2, 0) is 10.3 Å². The molecule has 1 aliphatic rings. The molecule has 7 heteroatoms. The predicted molar refractivity (Wildman–Crippen MR) is 105 cm³/mol. The average molecular weight is 390 g/mol.